The number of phenolic OH excluding ortho intramolecular Hbond substituents is 1. The van der Waals surface area contributed by atoms with Gasteiger partial charge in [-0.25, -0.2) is 0 Å². The van der Waals surface area contributed by atoms with Gasteiger partial charge < -0.3 is 9.84 Å². The molecule has 0 spiro atoms. The Morgan fingerprint density at radius 2 is 1.97 bits per heavy atom. The van der Waals surface area contributed by atoms with Gasteiger partial charge in [0.15, 0.2) is 0 Å². The van der Waals surface area contributed by atoms with Gasteiger partial charge >= 0.3 is 5.97 Å². The number of ether oxygens (including phenoxy) is 1. The molecule has 5 nitrogen and oxygen atoms in total. The van der Waals surface area contributed by atoms with Crippen molar-refractivity contribution in [1.82, 2.24) is 4.57 Å². The summed E-state index contributed by atoms with van der Waals surface area (Å²) in [6.45, 7) is 5.95. The van der Waals surface area contributed by atoms with E-state index in [0.717, 1.165) is 12.8 Å². The molecule has 0 aliphatic carbocycles. The third kappa shape index (κ3) is 4.15. The number of hydrogen-bond acceptors (Lipinski definition) is 4. The van der Waals surface area contributed by atoms with Gasteiger partial charge in [0, 0.05) is 21.7 Å². The molecule has 0 aliphatic heterocycles. The lowest BCUT2D eigenvalue weighted by atomic mass is 9.98. The molecule has 0 saturated heterocycles. The Labute approximate surface area is 174 Å². The zero-order valence-electron chi connectivity index (χ0n) is 16.7. The summed E-state index contributed by atoms with van der Waals surface area (Å²) in [5, 5.41) is 11.1. The number of rotatable bonds is 6. The average Bonchev–Trinajstić information content (AvgIpc) is 2.97. The number of phenols is 1. The minimum absolute atomic E-state index is 0.0673. The molecule has 3 rings (SSSR count). The first-order valence-electron chi connectivity index (χ1n) is 9.66. The van der Waals surface area contributed by atoms with Crippen LogP contribution in [-0.2, 0) is 9.53 Å². The molecule has 0 radical (unpaired) electrons. The highest BCUT2D eigenvalue weighted by molar-refractivity contribution is 6.31. The van der Waals surface area contributed by atoms with Crippen LogP contribution in [0.3, 0.4) is 0 Å². The summed E-state index contributed by atoms with van der Waals surface area (Å²) < 4.78 is 6.95. The lowest BCUT2D eigenvalue weighted by Gasteiger charge is -2.13. The Bertz CT molecular complexity index is 1070. The molecule has 0 saturated carbocycles. The van der Waals surface area contributed by atoms with Crippen LogP contribution in [0.5, 0.6) is 5.75 Å². The highest BCUT2D eigenvalue weighted by atomic mass is 35.5. The molecular weight excluding hydrogens is 390 g/mol. The first-order chi connectivity index (χ1) is 13.8. The molecule has 152 valence electrons. The monoisotopic (exact) mass is 413 g/mol. The number of hydrogen-bond donors (Lipinski definition) is 1. The second-order valence-corrected chi connectivity index (χ2v) is 7.53. The number of aromatic hydroxyl groups is 1. The van der Waals surface area contributed by atoms with Crippen LogP contribution in [-0.4, -0.2) is 28.2 Å². The summed E-state index contributed by atoms with van der Waals surface area (Å²) in [6, 6.07) is 11.5. The number of unbranched alkanes of at least 4 members (excludes halogenated alkanes) is 1. The molecule has 0 bridgehead atoms. The number of nitrogens with zero attached hydrogens (tertiary/aromatic N) is 1. The van der Waals surface area contributed by atoms with E-state index < -0.39 is 5.92 Å². The van der Waals surface area contributed by atoms with Gasteiger partial charge in [0.2, 0.25) is 0 Å². The molecular formula is C23H24ClNO4. The standard InChI is InChI=1S/C23H24ClNO4/c1-4-5-11-29-23(28)14(2)21-15(3)25(20-10-9-18(26)13-19(20)21)22(27)16-7-6-8-17(24)12-16/h6-10,12-14,26H,4-5,11H2,1-3H3/t14-/m0/s1. The quantitative estimate of drug-likeness (QED) is 0.431. The Balaban J connectivity index is 2.12. The molecule has 1 aromatic heterocycles. The van der Waals surface area contributed by atoms with E-state index in [2.05, 4.69) is 0 Å². The fraction of sp³-hybridized carbons (Fsp3) is 0.304. The predicted octanol–water partition coefficient (Wildman–Crippen LogP) is 5.44. The zero-order chi connectivity index (χ0) is 21.1. The zero-order valence-corrected chi connectivity index (χ0v) is 17.5. The minimum Gasteiger partial charge on any atom is -0.508 e. The fourth-order valence-corrected chi connectivity index (χ4v) is 3.74. The van der Waals surface area contributed by atoms with E-state index in [1.165, 1.54) is 6.07 Å². The third-order valence-electron chi connectivity index (χ3n) is 5.04. The van der Waals surface area contributed by atoms with Crippen LogP contribution in [0, 0.1) is 6.92 Å². The Kier molecular flexibility index (Phi) is 6.28. The van der Waals surface area contributed by atoms with E-state index >= 15 is 0 Å². The van der Waals surface area contributed by atoms with Gasteiger partial charge in [-0.3, -0.25) is 14.2 Å². The van der Waals surface area contributed by atoms with Gasteiger partial charge in [0.1, 0.15) is 5.75 Å². The molecule has 0 amide bonds. The van der Waals surface area contributed by atoms with Gasteiger partial charge in [-0.15, -0.1) is 0 Å². The molecule has 29 heavy (non-hydrogen) atoms. The SMILES string of the molecule is CCCCOC(=O)[C@@H](C)c1c(C)n(C(=O)c2cccc(Cl)c2)c2ccc(O)cc12. The number of aromatic nitrogens is 1. The van der Waals surface area contributed by atoms with Crippen molar-refractivity contribution >= 4 is 34.4 Å². The summed E-state index contributed by atoms with van der Waals surface area (Å²) >= 11 is 6.06. The minimum atomic E-state index is -0.579. The number of fused-ring (bicyclic) bond motifs is 1. The molecule has 0 aliphatic rings. The van der Waals surface area contributed by atoms with Crippen molar-refractivity contribution in [2.45, 2.75) is 39.5 Å². The molecule has 1 heterocycles. The largest absolute Gasteiger partial charge is 0.508 e. The third-order valence-corrected chi connectivity index (χ3v) is 5.27. The van der Waals surface area contributed by atoms with Crippen molar-refractivity contribution in [3.05, 3.63) is 64.3 Å². The van der Waals surface area contributed by atoms with Crippen LogP contribution in [0.25, 0.3) is 10.9 Å². The van der Waals surface area contributed by atoms with Crippen molar-refractivity contribution in [1.29, 1.82) is 0 Å². The molecule has 1 atom stereocenters. The highest BCUT2D eigenvalue weighted by Crippen LogP contribution is 2.35. The van der Waals surface area contributed by atoms with Crippen LogP contribution < -0.4 is 0 Å². The normalized spacial score (nSPS) is 12.1. The maximum atomic E-state index is 13.3. The summed E-state index contributed by atoms with van der Waals surface area (Å²) in [7, 11) is 0. The van der Waals surface area contributed by atoms with E-state index in [-0.39, 0.29) is 17.6 Å². The number of benzene rings is 2. The van der Waals surface area contributed by atoms with Gasteiger partial charge in [-0.1, -0.05) is 31.0 Å². The number of carbonyl (C=O) groups excluding carboxylic acids is 2. The number of esters is 1. The summed E-state index contributed by atoms with van der Waals surface area (Å²) in [6.07, 6.45) is 1.73. The molecule has 3 aromatic rings. The molecule has 2 aromatic carbocycles. The van der Waals surface area contributed by atoms with Gasteiger partial charge in [-0.05, 0) is 62.2 Å². The molecule has 1 N–H and O–H groups in total. The maximum absolute atomic E-state index is 13.3. The van der Waals surface area contributed by atoms with E-state index in [0.29, 0.717) is 39.4 Å². The summed E-state index contributed by atoms with van der Waals surface area (Å²) in [5.41, 5.74) is 2.37. The van der Waals surface area contributed by atoms with Crippen LogP contribution in [0.2, 0.25) is 5.02 Å². The Morgan fingerprint density at radius 3 is 2.66 bits per heavy atom. The van der Waals surface area contributed by atoms with E-state index in [1.54, 1.807) is 54.8 Å². The Hall–Kier alpha value is -2.79. The number of carbonyl (C=O) groups is 2. The van der Waals surface area contributed by atoms with Crippen molar-refractivity contribution in [3.8, 4) is 5.75 Å². The highest BCUT2D eigenvalue weighted by Gasteiger charge is 2.27. The van der Waals surface area contributed by atoms with Crippen LogP contribution >= 0.6 is 11.6 Å². The van der Waals surface area contributed by atoms with Gasteiger partial charge in [-0.2, -0.15) is 0 Å². The fourth-order valence-electron chi connectivity index (χ4n) is 3.55. The van der Waals surface area contributed by atoms with E-state index in [1.807, 2.05) is 6.92 Å². The van der Waals surface area contributed by atoms with Crippen molar-refractivity contribution < 1.29 is 19.4 Å². The van der Waals surface area contributed by atoms with Crippen LogP contribution in [0.1, 0.15) is 54.2 Å². The maximum Gasteiger partial charge on any atom is 0.313 e. The van der Waals surface area contributed by atoms with Crippen molar-refractivity contribution in [3.63, 3.8) is 0 Å². The Morgan fingerprint density at radius 1 is 1.21 bits per heavy atom. The van der Waals surface area contributed by atoms with Crippen LogP contribution in [0.4, 0.5) is 0 Å². The lowest BCUT2D eigenvalue weighted by Crippen LogP contribution is -2.17. The average molecular weight is 414 g/mol. The molecule has 6 heteroatoms. The lowest BCUT2D eigenvalue weighted by molar-refractivity contribution is -0.145. The molecule has 0 unspecified atom stereocenters. The second kappa shape index (κ2) is 8.70. The smallest absolute Gasteiger partial charge is 0.313 e. The van der Waals surface area contributed by atoms with E-state index in [9.17, 15) is 14.7 Å². The van der Waals surface area contributed by atoms with Gasteiger partial charge in [0.05, 0.1) is 18.0 Å². The molecule has 0 fully saturated rings. The summed E-state index contributed by atoms with van der Waals surface area (Å²) in [5.74, 6) is -1.11. The van der Waals surface area contributed by atoms with Crippen molar-refractivity contribution in [2.75, 3.05) is 6.61 Å². The topological polar surface area (TPSA) is 68.5 Å². The first-order valence-corrected chi connectivity index (χ1v) is 10.0. The van der Waals surface area contributed by atoms with E-state index in [4.69, 9.17) is 16.3 Å². The number of halogens is 1. The summed E-state index contributed by atoms with van der Waals surface area (Å²) in [4.78, 5) is 25.9. The van der Waals surface area contributed by atoms with Gasteiger partial charge in [0.25, 0.3) is 5.91 Å². The van der Waals surface area contributed by atoms with Crippen molar-refractivity contribution in [2.24, 2.45) is 0 Å². The predicted molar refractivity (Wildman–Crippen MR) is 114 cm³/mol. The van der Waals surface area contributed by atoms with Crippen LogP contribution in [0.15, 0.2) is 42.5 Å². The first kappa shape index (κ1) is 20.9. The second-order valence-electron chi connectivity index (χ2n) is 7.09.